The number of hydrogen-bond donors (Lipinski definition) is 0. The van der Waals surface area contributed by atoms with Gasteiger partial charge >= 0.3 is 0 Å². The standard InChI is InChI=1S/C44H42N4.C42H30N4/c1-42(2,3)29-21-17-27(18-22-29)39-45-40(28-19-23-30(24-20-28)43(4,5)6)47-41(46-39)48-37-16-12-10-14-32(37)34-25-33-31-13-9-11-15-35(31)44(7,8)36(33)26-38(34)48;1-42(2)35-22-11-9-20-31(35)33-25-34-32-21-10-12-23-37(32)46(38(34)26-36(33)42)30-19-13-18-29(24-30)41-44-39(27-14-5-3-6-15-27)43-40(45-41)28-16-7-4-8-17-28/h9-26H,1-8H3;3-26H,1-2H3. The van der Waals surface area contributed by atoms with Crippen molar-refractivity contribution in [2.75, 3.05) is 0 Å². The molecule has 17 rings (SSSR count). The molecule has 0 saturated carbocycles. The van der Waals surface area contributed by atoms with E-state index < -0.39 is 0 Å². The lowest BCUT2D eigenvalue weighted by Gasteiger charge is -2.21. The van der Waals surface area contributed by atoms with Gasteiger partial charge in [0.1, 0.15) is 0 Å². The highest BCUT2D eigenvalue weighted by atomic mass is 15.2. The summed E-state index contributed by atoms with van der Waals surface area (Å²) in [7, 11) is 0. The smallest absolute Gasteiger partial charge is 0.238 e. The van der Waals surface area contributed by atoms with Gasteiger partial charge < -0.3 is 4.57 Å². The first-order valence-electron chi connectivity index (χ1n) is 32.7. The molecule has 0 saturated heterocycles. The molecule has 0 amide bonds. The van der Waals surface area contributed by atoms with Crippen LogP contribution in [0.15, 0.2) is 255 Å². The maximum atomic E-state index is 5.23. The van der Waals surface area contributed by atoms with E-state index in [1.165, 1.54) is 88.2 Å². The molecule has 0 atom stereocenters. The Labute approximate surface area is 549 Å². The molecule has 0 fully saturated rings. The summed E-state index contributed by atoms with van der Waals surface area (Å²) in [6, 6.07) is 90.8. The molecule has 0 N–H and O–H groups in total. The quantitative estimate of drug-likeness (QED) is 0.158. The van der Waals surface area contributed by atoms with Crippen LogP contribution in [0, 0.1) is 0 Å². The second-order valence-electron chi connectivity index (χ2n) is 28.4. The van der Waals surface area contributed by atoms with Crippen LogP contribution in [-0.2, 0) is 21.7 Å². The molecular weight excluding hydrogens is 1150 g/mol. The number of benzene rings is 11. The van der Waals surface area contributed by atoms with Gasteiger partial charge in [-0.15, -0.1) is 0 Å². The van der Waals surface area contributed by atoms with Crippen LogP contribution in [0.1, 0.15) is 103 Å². The highest BCUT2D eigenvalue weighted by Gasteiger charge is 2.38. The Kier molecular flexibility index (Phi) is 13.5. The van der Waals surface area contributed by atoms with Gasteiger partial charge in [0.15, 0.2) is 29.1 Å². The molecule has 15 aromatic rings. The molecule has 94 heavy (non-hydrogen) atoms. The van der Waals surface area contributed by atoms with Gasteiger partial charge in [-0.25, -0.2) is 19.9 Å². The first-order valence-corrected chi connectivity index (χ1v) is 32.7. The van der Waals surface area contributed by atoms with E-state index >= 15 is 0 Å². The van der Waals surface area contributed by atoms with Gasteiger partial charge in [0.05, 0.1) is 22.1 Å². The summed E-state index contributed by atoms with van der Waals surface area (Å²) in [5, 5.41) is 4.88. The number of hydrogen-bond acceptors (Lipinski definition) is 6. The predicted molar refractivity (Wildman–Crippen MR) is 388 cm³/mol. The van der Waals surface area contributed by atoms with Crippen LogP contribution >= 0.6 is 0 Å². The van der Waals surface area contributed by atoms with Crippen LogP contribution in [0.2, 0.25) is 0 Å². The molecule has 4 aromatic heterocycles. The SMILES string of the molecule is CC(C)(C)c1ccc(-c2nc(-c3ccc(C(C)(C)C)cc3)nc(-n3c4ccccc4c4cc5c(cc43)C(C)(C)c3ccccc3-5)n2)cc1.CC1(C)c2ccccc2-c2cc3c4ccccc4n(-c4cccc(-c5nc(-c6ccccc6)nc(-c6ccccc6)n5)c4)c3cc21. The molecule has 0 unspecified atom stereocenters. The van der Waals surface area contributed by atoms with Crippen LogP contribution in [-0.4, -0.2) is 39.0 Å². The van der Waals surface area contributed by atoms with Crippen LogP contribution in [0.4, 0.5) is 0 Å². The van der Waals surface area contributed by atoms with E-state index in [0.717, 1.165) is 44.5 Å². The lowest BCUT2D eigenvalue weighted by molar-refractivity contribution is 0.590. The third-order valence-corrected chi connectivity index (χ3v) is 19.7. The largest absolute Gasteiger partial charge is 0.309 e. The average molecular weight is 1220 g/mol. The molecule has 2 aliphatic rings. The molecule has 2 aliphatic carbocycles. The fraction of sp³-hybridized carbons (Fsp3) is 0.163. The molecule has 8 heteroatoms. The zero-order valence-electron chi connectivity index (χ0n) is 54.8. The fourth-order valence-electron chi connectivity index (χ4n) is 14.5. The minimum Gasteiger partial charge on any atom is -0.309 e. The van der Waals surface area contributed by atoms with Gasteiger partial charge in [0.25, 0.3) is 0 Å². The van der Waals surface area contributed by atoms with Gasteiger partial charge in [-0.2, -0.15) is 9.97 Å². The number of fused-ring (bicyclic) bond motifs is 12. The minimum absolute atomic E-state index is 0.0550. The summed E-state index contributed by atoms with van der Waals surface area (Å²) in [6.07, 6.45) is 0. The molecule has 8 nitrogen and oxygen atoms in total. The van der Waals surface area contributed by atoms with Crippen LogP contribution in [0.25, 0.3) is 134 Å². The van der Waals surface area contributed by atoms with Gasteiger partial charge in [0, 0.05) is 65.9 Å². The maximum absolute atomic E-state index is 5.23. The molecular formula is C86H72N8. The van der Waals surface area contributed by atoms with Crippen molar-refractivity contribution in [3.63, 3.8) is 0 Å². The molecule has 0 bridgehead atoms. The number of para-hydroxylation sites is 2. The first kappa shape index (κ1) is 58.1. The molecule has 4 heterocycles. The van der Waals surface area contributed by atoms with E-state index in [4.69, 9.17) is 29.9 Å². The highest BCUT2D eigenvalue weighted by Crippen LogP contribution is 2.53. The van der Waals surface area contributed by atoms with Crippen molar-refractivity contribution in [2.24, 2.45) is 0 Å². The van der Waals surface area contributed by atoms with E-state index in [1.54, 1.807) is 0 Å². The van der Waals surface area contributed by atoms with E-state index in [0.29, 0.717) is 35.1 Å². The normalized spacial score (nSPS) is 13.6. The van der Waals surface area contributed by atoms with E-state index in [9.17, 15) is 0 Å². The summed E-state index contributed by atoms with van der Waals surface area (Å²) < 4.78 is 4.64. The Balaban J connectivity index is 0.000000149. The Hall–Kier alpha value is -11.0. The third kappa shape index (κ3) is 9.73. The topological polar surface area (TPSA) is 87.2 Å². The molecule has 0 aliphatic heterocycles. The average Bonchev–Trinajstić information content (AvgIpc) is 1.56. The van der Waals surface area contributed by atoms with E-state index in [2.05, 4.69) is 272 Å². The van der Waals surface area contributed by atoms with Crippen molar-refractivity contribution in [3.8, 4) is 90.8 Å². The summed E-state index contributed by atoms with van der Waals surface area (Å²) >= 11 is 0. The van der Waals surface area contributed by atoms with Crippen molar-refractivity contribution < 1.29 is 0 Å². The fourth-order valence-corrected chi connectivity index (χ4v) is 14.5. The summed E-state index contributed by atoms with van der Waals surface area (Å²) in [5.74, 6) is 3.90. The molecule has 0 radical (unpaired) electrons. The monoisotopic (exact) mass is 1220 g/mol. The third-order valence-electron chi connectivity index (χ3n) is 19.7. The van der Waals surface area contributed by atoms with Crippen LogP contribution in [0.5, 0.6) is 0 Å². The van der Waals surface area contributed by atoms with Gasteiger partial charge in [0.2, 0.25) is 5.95 Å². The van der Waals surface area contributed by atoms with Crippen molar-refractivity contribution in [3.05, 3.63) is 288 Å². The summed E-state index contributed by atoms with van der Waals surface area (Å²) in [4.78, 5) is 30.5. The summed E-state index contributed by atoms with van der Waals surface area (Å²) in [6.45, 7) is 22.8. The van der Waals surface area contributed by atoms with Gasteiger partial charge in [-0.3, -0.25) is 4.57 Å². The Morgan fingerprint density at radius 2 is 0.628 bits per heavy atom. The van der Waals surface area contributed by atoms with Crippen LogP contribution < -0.4 is 0 Å². The van der Waals surface area contributed by atoms with Crippen LogP contribution in [0.3, 0.4) is 0 Å². The van der Waals surface area contributed by atoms with Gasteiger partial charge in [-0.1, -0.05) is 275 Å². The number of nitrogens with zero attached hydrogens (tertiary/aromatic N) is 8. The zero-order chi connectivity index (χ0) is 64.4. The van der Waals surface area contributed by atoms with Crippen molar-refractivity contribution in [1.29, 1.82) is 0 Å². The lowest BCUT2D eigenvalue weighted by Crippen LogP contribution is -2.15. The minimum atomic E-state index is -0.125. The van der Waals surface area contributed by atoms with Crippen molar-refractivity contribution in [1.82, 2.24) is 39.0 Å². The van der Waals surface area contributed by atoms with E-state index in [1.807, 2.05) is 60.7 Å². The Bertz CT molecular complexity index is 5350. The number of rotatable bonds is 7. The van der Waals surface area contributed by atoms with Crippen molar-refractivity contribution >= 4 is 43.6 Å². The van der Waals surface area contributed by atoms with Crippen molar-refractivity contribution in [2.45, 2.75) is 90.9 Å². The maximum Gasteiger partial charge on any atom is 0.238 e. The highest BCUT2D eigenvalue weighted by molar-refractivity contribution is 6.13. The lowest BCUT2D eigenvalue weighted by atomic mass is 9.82. The first-order chi connectivity index (χ1) is 45.4. The Morgan fingerprint density at radius 1 is 0.266 bits per heavy atom. The second kappa shape index (κ2) is 21.8. The second-order valence-corrected chi connectivity index (χ2v) is 28.4. The zero-order valence-corrected chi connectivity index (χ0v) is 54.8. The summed E-state index contributed by atoms with van der Waals surface area (Å²) in [5.41, 5.74) is 23.6. The molecule has 0 spiro atoms. The van der Waals surface area contributed by atoms with Gasteiger partial charge in [-0.05, 0) is 115 Å². The molecule has 11 aromatic carbocycles. The molecule has 456 valence electrons. The van der Waals surface area contributed by atoms with E-state index in [-0.39, 0.29) is 21.7 Å². The number of aromatic nitrogens is 8. The Morgan fingerprint density at radius 3 is 1.09 bits per heavy atom. The predicted octanol–water partition coefficient (Wildman–Crippen LogP) is 21.5.